The van der Waals surface area contributed by atoms with Gasteiger partial charge < -0.3 is 18.9 Å². The van der Waals surface area contributed by atoms with Gasteiger partial charge >= 0.3 is 13.8 Å². The minimum Gasteiger partial charge on any atom is -0.457 e. The predicted molar refractivity (Wildman–Crippen MR) is 270 cm³/mol. The van der Waals surface area contributed by atoms with E-state index in [1.807, 2.05) is 21.1 Å². The van der Waals surface area contributed by atoms with Crippen LogP contribution in [0.5, 0.6) is 0 Å². The molecule has 0 amide bonds. The largest absolute Gasteiger partial charge is 0.472 e. The molecule has 0 aromatic carbocycles. The molecule has 366 valence electrons. The zero-order valence-corrected chi connectivity index (χ0v) is 42.4. The Morgan fingerprint density at radius 3 is 1.38 bits per heavy atom. The van der Waals surface area contributed by atoms with Crippen molar-refractivity contribution in [1.82, 2.24) is 0 Å². The lowest BCUT2D eigenvalue weighted by molar-refractivity contribution is -0.870. The van der Waals surface area contributed by atoms with Crippen molar-refractivity contribution in [2.45, 2.75) is 213 Å². The van der Waals surface area contributed by atoms with Crippen LogP contribution in [-0.4, -0.2) is 75.6 Å². The third-order valence-electron chi connectivity index (χ3n) is 10.8. The Labute approximate surface area is 389 Å². The zero-order chi connectivity index (χ0) is 46.2. The van der Waals surface area contributed by atoms with Crippen molar-refractivity contribution in [2.75, 3.05) is 54.1 Å². The second-order valence-electron chi connectivity index (χ2n) is 18.2. The van der Waals surface area contributed by atoms with Gasteiger partial charge in [0, 0.05) is 13.0 Å². The molecular formula is C54H99NO7P+. The fourth-order valence-electron chi connectivity index (χ4n) is 6.81. The van der Waals surface area contributed by atoms with Crippen LogP contribution in [0, 0.1) is 0 Å². The summed E-state index contributed by atoms with van der Waals surface area (Å²) in [5.74, 6) is -0.354. The number of hydrogen-bond acceptors (Lipinski definition) is 6. The van der Waals surface area contributed by atoms with Crippen LogP contribution >= 0.6 is 7.82 Å². The van der Waals surface area contributed by atoms with Crippen LogP contribution in [-0.2, 0) is 27.9 Å². The van der Waals surface area contributed by atoms with Crippen LogP contribution in [0.15, 0.2) is 72.9 Å². The second kappa shape index (κ2) is 46.5. The monoisotopic (exact) mass is 905 g/mol. The van der Waals surface area contributed by atoms with Crippen LogP contribution in [0.25, 0.3) is 0 Å². The number of rotatable bonds is 47. The highest BCUT2D eigenvalue weighted by molar-refractivity contribution is 7.47. The lowest BCUT2D eigenvalue weighted by Crippen LogP contribution is -2.37. The molecule has 63 heavy (non-hydrogen) atoms. The summed E-state index contributed by atoms with van der Waals surface area (Å²) in [6, 6.07) is 0. The van der Waals surface area contributed by atoms with Crippen molar-refractivity contribution in [3.8, 4) is 0 Å². The van der Waals surface area contributed by atoms with E-state index < -0.39 is 13.9 Å². The molecule has 0 fully saturated rings. The molecule has 0 aromatic rings. The maximum atomic E-state index is 12.7. The number of carbonyl (C=O) groups is 1. The number of allylic oxidation sites excluding steroid dienone is 12. The van der Waals surface area contributed by atoms with Crippen LogP contribution in [0.1, 0.15) is 206 Å². The number of unbranched alkanes of at least 4 members (excludes halogenated alkanes) is 21. The number of phosphoric acid groups is 1. The highest BCUT2D eigenvalue weighted by Crippen LogP contribution is 2.43. The molecule has 0 saturated carbocycles. The highest BCUT2D eigenvalue weighted by Gasteiger charge is 2.26. The van der Waals surface area contributed by atoms with E-state index in [1.165, 1.54) is 122 Å². The van der Waals surface area contributed by atoms with Gasteiger partial charge in [-0.05, 0) is 83.5 Å². The first-order chi connectivity index (χ1) is 30.6. The number of quaternary nitrogens is 1. The Hall–Kier alpha value is -2.06. The van der Waals surface area contributed by atoms with Gasteiger partial charge in [0.25, 0.3) is 0 Å². The van der Waals surface area contributed by atoms with Crippen molar-refractivity contribution in [2.24, 2.45) is 0 Å². The second-order valence-corrected chi connectivity index (χ2v) is 19.6. The first-order valence-corrected chi connectivity index (χ1v) is 27.2. The smallest absolute Gasteiger partial charge is 0.457 e. The van der Waals surface area contributed by atoms with Gasteiger partial charge in [-0.25, -0.2) is 4.57 Å². The standard InChI is InChI=1S/C54H98NO7P/c1-6-8-10-12-14-16-18-20-22-23-24-25-26-27-28-29-30-31-32-34-36-38-40-42-44-46-49-59-51-53(52-61-63(57,58)60-50-48-55(3,4)5)62-54(56)47-45-43-41-39-37-35-33-21-19-17-15-13-11-9-7-2/h9,11,15,17-18,20-21,23-24,33,37,39,53H,6-8,10,12-14,16,19,22,25-32,34-36,38,40-52H2,1-5H3/p+1/b11-9-,17-15-,20-18-,24-23-,33-21-,39-37-. The van der Waals surface area contributed by atoms with Crippen molar-refractivity contribution >= 4 is 13.8 Å². The molecule has 0 bridgehead atoms. The van der Waals surface area contributed by atoms with E-state index in [4.69, 9.17) is 18.5 Å². The summed E-state index contributed by atoms with van der Waals surface area (Å²) in [4.78, 5) is 22.9. The average Bonchev–Trinajstić information content (AvgIpc) is 3.24. The van der Waals surface area contributed by atoms with Gasteiger partial charge in [0.2, 0.25) is 0 Å². The van der Waals surface area contributed by atoms with E-state index in [0.717, 1.165) is 57.8 Å². The number of carbonyl (C=O) groups excluding carboxylic acids is 1. The fraction of sp³-hybridized carbons (Fsp3) is 0.759. The normalized spacial score (nSPS) is 14.2. The molecule has 0 aliphatic heterocycles. The average molecular weight is 905 g/mol. The van der Waals surface area contributed by atoms with Gasteiger partial charge in [-0.3, -0.25) is 13.8 Å². The molecule has 0 aromatic heterocycles. The number of ether oxygens (including phenoxy) is 2. The molecule has 0 rings (SSSR count). The van der Waals surface area contributed by atoms with Crippen LogP contribution in [0.4, 0.5) is 0 Å². The van der Waals surface area contributed by atoms with Crippen molar-refractivity contribution in [1.29, 1.82) is 0 Å². The summed E-state index contributed by atoms with van der Waals surface area (Å²) in [6.45, 7) is 5.44. The Morgan fingerprint density at radius 2 is 0.921 bits per heavy atom. The van der Waals surface area contributed by atoms with Gasteiger partial charge in [-0.2, -0.15) is 0 Å². The Kier molecular flexibility index (Phi) is 44.9. The van der Waals surface area contributed by atoms with E-state index in [9.17, 15) is 14.3 Å². The summed E-state index contributed by atoms with van der Waals surface area (Å²) in [7, 11) is 1.63. The van der Waals surface area contributed by atoms with Gasteiger partial charge in [0.05, 0.1) is 34.4 Å². The number of likely N-dealkylation sites (N-methyl/N-ethyl adjacent to an activating group) is 1. The summed E-state index contributed by atoms with van der Waals surface area (Å²) >= 11 is 0. The number of hydrogen-bond donors (Lipinski definition) is 1. The molecule has 0 saturated heterocycles. The quantitative estimate of drug-likeness (QED) is 0.0214. The molecule has 2 atom stereocenters. The third kappa shape index (κ3) is 50.8. The molecule has 0 heterocycles. The fourth-order valence-corrected chi connectivity index (χ4v) is 7.55. The van der Waals surface area contributed by atoms with Gasteiger partial charge in [-0.1, -0.05) is 189 Å². The minimum atomic E-state index is -4.29. The Morgan fingerprint density at radius 1 is 0.508 bits per heavy atom. The van der Waals surface area contributed by atoms with Crippen molar-refractivity contribution in [3.63, 3.8) is 0 Å². The van der Waals surface area contributed by atoms with Crippen LogP contribution in [0.3, 0.4) is 0 Å². The van der Waals surface area contributed by atoms with E-state index in [0.29, 0.717) is 24.1 Å². The first-order valence-electron chi connectivity index (χ1n) is 25.7. The number of nitrogens with zero attached hydrogens (tertiary/aromatic N) is 1. The molecular weight excluding hydrogens is 806 g/mol. The third-order valence-corrected chi connectivity index (χ3v) is 11.7. The number of phosphoric ester groups is 1. The first kappa shape index (κ1) is 60.9. The van der Waals surface area contributed by atoms with Crippen LogP contribution in [0.2, 0.25) is 0 Å². The van der Waals surface area contributed by atoms with E-state index >= 15 is 0 Å². The van der Waals surface area contributed by atoms with Crippen LogP contribution < -0.4 is 0 Å². The molecule has 9 heteroatoms. The summed E-state index contributed by atoms with van der Waals surface area (Å²) < 4.78 is 35.1. The Balaban J connectivity index is 4.12. The van der Waals surface area contributed by atoms with Gasteiger partial charge in [0.1, 0.15) is 19.3 Å². The molecule has 0 radical (unpaired) electrons. The molecule has 0 spiro atoms. The number of esters is 1. The lowest BCUT2D eigenvalue weighted by atomic mass is 10.0. The SMILES string of the molecule is CC/C=C\C/C=C\C/C=C\C/C=C\CCCCC(=O)OC(COCCCCCCCCCCCCCCCC/C=C\C/C=C\CCCCCCC)COP(=O)(O)OCC[N+](C)(C)C. The maximum Gasteiger partial charge on any atom is 0.472 e. The van der Waals surface area contributed by atoms with E-state index in [-0.39, 0.29) is 32.2 Å². The summed E-state index contributed by atoms with van der Waals surface area (Å²) in [5.41, 5.74) is 0. The summed E-state index contributed by atoms with van der Waals surface area (Å²) in [5, 5.41) is 0. The van der Waals surface area contributed by atoms with E-state index in [2.05, 4.69) is 86.8 Å². The maximum absolute atomic E-state index is 12.7. The minimum absolute atomic E-state index is 0.0777. The van der Waals surface area contributed by atoms with Crippen molar-refractivity contribution < 1.29 is 37.3 Å². The summed E-state index contributed by atoms with van der Waals surface area (Å²) in [6.07, 6.45) is 61.1. The van der Waals surface area contributed by atoms with E-state index in [1.54, 1.807) is 0 Å². The molecule has 8 nitrogen and oxygen atoms in total. The van der Waals surface area contributed by atoms with Gasteiger partial charge in [-0.15, -0.1) is 0 Å². The highest BCUT2D eigenvalue weighted by atomic mass is 31.2. The predicted octanol–water partition coefficient (Wildman–Crippen LogP) is 15.8. The lowest BCUT2D eigenvalue weighted by Gasteiger charge is -2.24. The molecule has 2 unspecified atom stereocenters. The molecule has 0 aliphatic carbocycles. The Bertz CT molecular complexity index is 1230. The topological polar surface area (TPSA) is 91.3 Å². The molecule has 1 N–H and O–H groups in total. The zero-order valence-electron chi connectivity index (χ0n) is 41.5. The van der Waals surface area contributed by atoms with Gasteiger partial charge in [0.15, 0.2) is 0 Å². The molecule has 0 aliphatic rings. The van der Waals surface area contributed by atoms with Crippen molar-refractivity contribution in [3.05, 3.63) is 72.9 Å².